The molecule has 20 heavy (non-hydrogen) atoms. The van der Waals surface area contributed by atoms with E-state index in [-0.39, 0.29) is 0 Å². The van der Waals surface area contributed by atoms with Crippen molar-refractivity contribution in [3.05, 3.63) is 70.8 Å². The Morgan fingerprint density at radius 2 is 1.60 bits per heavy atom. The van der Waals surface area contributed by atoms with E-state index in [4.69, 9.17) is 0 Å². The smallest absolute Gasteiger partial charge is 0.0139 e. The van der Waals surface area contributed by atoms with Gasteiger partial charge in [0, 0.05) is 6.04 Å². The van der Waals surface area contributed by atoms with Gasteiger partial charge >= 0.3 is 0 Å². The monoisotopic (exact) mass is 265 g/mol. The molecule has 0 fully saturated rings. The van der Waals surface area contributed by atoms with E-state index in [0.29, 0.717) is 6.04 Å². The molecule has 2 aromatic carbocycles. The van der Waals surface area contributed by atoms with Gasteiger partial charge in [0.15, 0.2) is 0 Å². The number of benzene rings is 2. The summed E-state index contributed by atoms with van der Waals surface area (Å²) in [5, 5.41) is 3.55. The fourth-order valence-corrected chi connectivity index (χ4v) is 3.46. The third-order valence-corrected chi connectivity index (χ3v) is 4.72. The highest BCUT2D eigenvalue weighted by atomic mass is 14.9. The fraction of sp³-hybridized carbons (Fsp3) is 0.368. The maximum absolute atomic E-state index is 3.55. The van der Waals surface area contributed by atoms with Crippen molar-refractivity contribution in [3.8, 4) is 0 Å². The average Bonchev–Trinajstić information content (AvgIpc) is 2.90. The van der Waals surface area contributed by atoms with Gasteiger partial charge in [-0.3, -0.25) is 0 Å². The number of fused-ring (bicyclic) bond motifs is 1. The summed E-state index contributed by atoms with van der Waals surface area (Å²) >= 11 is 0. The molecule has 1 unspecified atom stereocenters. The Labute approximate surface area is 122 Å². The zero-order chi connectivity index (χ0) is 13.9. The number of nitrogens with one attached hydrogen (secondary N) is 1. The van der Waals surface area contributed by atoms with Gasteiger partial charge in [-0.1, -0.05) is 48.5 Å². The van der Waals surface area contributed by atoms with Gasteiger partial charge < -0.3 is 5.32 Å². The summed E-state index contributed by atoms with van der Waals surface area (Å²) in [4.78, 5) is 0. The van der Waals surface area contributed by atoms with Crippen LogP contribution in [0.15, 0.2) is 48.5 Å². The summed E-state index contributed by atoms with van der Waals surface area (Å²) < 4.78 is 0. The number of hydrogen-bond acceptors (Lipinski definition) is 1. The van der Waals surface area contributed by atoms with Gasteiger partial charge in [-0.25, -0.2) is 0 Å². The molecule has 0 saturated carbocycles. The molecule has 1 heteroatoms. The van der Waals surface area contributed by atoms with Crippen LogP contribution in [-0.2, 0) is 19.3 Å². The van der Waals surface area contributed by atoms with Crippen LogP contribution in [0.5, 0.6) is 0 Å². The molecular formula is C19H23N. The van der Waals surface area contributed by atoms with Crippen LogP contribution < -0.4 is 5.32 Å². The Morgan fingerprint density at radius 1 is 1.00 bits per heavy atom. The molecule has 104 valence electrons. The molecule has 3 rings (SSSR count). The lowest BCUT2D eigenvalue weighted by Gasteiger charge is -2.24. The van der Waals surface area contributed by atoms with Gasteiger partial charge in [0.05, 0.1) is 0 Å². The molecule has 0 aromatic heterocycles. The third-order valence-electron chi connectivity index (χ3n) is 4.72. The number of likely N-dealkylation sites (N-methyl/N-ethyl adjacent to an activating group) is 1. The maximum atomic E-state index is 3.55. The molecule has 0 bridgehead atoms. The van der Waals surface area contributed by atoms with Crippen LogP contribution >= 0.6 is 0 Å². The van der Waals surface area contributed by atoms with E-state index in [0.717, 1.165) is 12.3 Å². The molecule has 0 aliphatic heterocycles. The van der Waals surface area contributed by atoms with E-state index in [2.05, 4.69) is 67.8 Å². The first-order valence-corrected chi connectivity index (χ1v) is 7.56. The molecule has 2 aromatic rings. The van der Waals surface area contributed by atoms with Crippen LogP contribution in [0.2, 0.25) is 0 Å². The van der Waals surface area contributed by atoms with E-state index in [1.54, 1.807) is 11.1 Å². The van der Waals surface area contributed by atoms with Crippen LogP contribution in [0, 0.1) is 12.8 Å². The van der Waals surface area contributed by atoms with Crippen molar-refractivity contribution in [2.75, 3.05) is 7.05 Å². The molecule has 1 N–H and O–H groups in total. The van der Waals surface area contributed by atoms with Gasteiger partial charge in [-0.2, -0.15) is 0 Å². The van der Waals surface area contributed by atoms with Crippen LogP contribution in [0.1, 0.15) is 22.3 Å². The number of rotatable bonds is 4. The zero-order valence-corrected chi connectivity index (χ0v) is 12.4. The lowest BCUT2D eigenvalue weighted by atomic mass is 9.90. The molecule has 1 aliphatic rings. The molecule has 1 nitrogen and oxygen atoms in total. The molecule has 1 aliphatic carbocycles. The van der Waals surface area contributed by atoms with Crippen LogP contribution in [0.3, 0.4) is 0 Å². The van der Waals surface area contributed by atoms with Crippen molar-refractivity contribution in [3.63, 3.8) is 0 Å². The van der Waals surface area contributed by atoms with Gasteiger partial charge in [-0.05, 0) is 61.4 Å². The summed E-state index contributed by atoms with van der Waals surface area (Å²) in [7, 11) is 2.10. The van der Waals surface area contributed by atoms with Crippen LogP contribution in [0.4, 0.5) is 0 Å². The fourth-order valence-electron chi connectivity index (χ4n) is 3.46. The van der Waals surface area contributed by atoms with Crippen molar-refractivity contribution in [2.24, 2.45) is 5.92 Å². The Kier molecular flexibility index (Phi) is 3.88. The quantitative estimate of drug-likeness (QED) is 0.891. The van der Waals surface area contributed by atoms with E-state index < -0.39 is 0 Å². The number of aryl methyl sites for hydroxylation is 1. The predicted molar refractivity (Wildman–Crippen MR) is 85.1 cm³/mol. The van der Waals surface area contributed by atoms with Crippen molar-refractivity contribution < 1.29 is 0 Å². The van der Waals surface area contributed by atoms with Crippen molar-refractivity contribution in [1.82, 2.24) is 5.32 Å². The second-order valence-corrected chi connectivity index (χ2v) is 5.96. The highest BCUT2D eigenvalue weighted by molar-refractivity contribution is 5.33. The van der Waals surface area contributed by atoms with E-state index >= 15 is 0 Å². The van der Waals surface area contributed by atoms with Crippen molar-refractivity contribution in [2.45, 2.75) is 32.2 Å². The Bertz CT molecular complexity index is 563. The molecule has 0 spiro atoms. The molecule has 0 saturated heterocycles. The first-order chi connectivity index (χ1) is 9.78. The summed E-state index contributed by atoms with van der Waals surface area (Å²) in [5.41, 5.74) is 5.97. The van der Waals surface area contributed by atoms with Gasteiger partial charge in [-0.15, -0.1) is 0 Å². The molecular weight excluding hydrogens is 242 g/mol. The standard InChI is InChI=1S/C19H23N/c1-14-7-3-4-8-15(14)13-19(20-2)18-11-16-9-5-6-10-17(16)12-18/h3-10,18-20H,11-13H2,1-2H3. The molecule has 0 radical (unpaired) electrons. The molecule has 0 heterocycles. The minimum atomic E-state index is 0.559. The molecule has 0 amide bonds. The molecule has 1 atom stereocenters. The van der Waals surface area contributed by atoms with Crippen LogP contribution in [-0.4, -0.2) is 13.1 Å². The average molecular weight is 265 g/mol. The normalized spacial score (nSPS) is 16.1. The zero-order valence-electron chi connectivity index (χ0n) is 12.4. The number of hydrogen-bond donors (Lipinski definition) is 1. The van der Waals surface area contributed by atoms with Gasteiger partial charge in [0.2, 0.25) is 0 Å². The minimum Gasteiger partial charge on any atom is -0.316 e. The van der Waals surface area contributed by atoms with Gasteiger partial charge in [0.1, 0.15) is 0 Å². The van der Waals surface area contributed by atoms with E-state index in [1.807, 2.05) is 0 Å². The van der Waals surface area contributed by atoms with Gasteiger partial charge in [0.25, 0.3) is 0 Å². The summed E-state index contributed by atoms with van der Waals surface area (Å²) in [6, 6.07) is 18.2. The van der Waals surface area contributed by atoms with Crippen LogP contribution in [0.25, 0.3) is 0 Å². The first-order valence-electron chi connectivity index (χ1n) is 7.56. The SMILES string of the molecule is CNC(Cc1ccccc1C)C1Cc2ccccc2C1. The Balaban J connectivity index is 1.74. The van der Waals surface area contributed by atoms with Crippen molar-refractivity contribution in [1.29, 1.82) is 0 Å². The second-order valence-electron chi connectivity index (χ2n) is 5.96. The summed E-state index contributed by atoms with van der Waals surface area (Å²) in [6.45, 7) is 2.21. The largest absolute Gasteiger partial charge is 0.316 e. The highest BCUT2D eigenvalue weighted by Gasteiger charge is 2.27. The summed E-state index contributed by atoms with van der Waals surface area (Å²) in [5.74, 6) is 0.719. The summed E-state index contributed by atoms with van der Waals surface area (Å²) in [6.07, 6.45) is 3.56. The second kappa shape index (κ2) is 5.80. The van der Waals surface area contributed by atoms with Crippen molar-refractivity contribution >= 4 is 0 Å². The maximum Gasteiger partial charge on any atom is 0.0139 e. The lowest BCUT2D eigenvalue weighted by Crippen LogP contribution is -2.36. The first kappa shape index (κ1) is 13.4. The highest BCUT2D eigenvalue weighted by Crippen LogP contribution is 2.30. The topological polar surface area (TPSA) is 12.0 Å². The minimum absolute atomic E-state index is 0.559. The Morgan fingerprint density at radius 3 is 2.20 bits per heavy atom. The Hall–Kier alpha value is -1.60. The van der Waals surface area contributed by atoms with E-state index in [9.17, 15) is 0 Å². The van der Waals surface area contributed by atoms with E-state index in [1.165, 1.54) is 24.0 Å². The predicted octanol–water partition coefficient (Wildman–Crippen LogP) is 3.54. The lowest BCUT2D eigenvalue weighted by molar-refractivity contribution is 0.383. The third kappa shape index (κ3) is 2.64.